The van der Waals surface area contributed by atoms with E-state index in [1.165, 1.54) is 0 Å². The smallest absolute Gasteiger partial charge is 0.407 e. The predicted octanol–water partition coefficient (Wildman–Crippen LogP) is 1.03. The summed E-state index contributed by atoms with van der Waals surface area (Å²) in [5.74, 6) is 1.32. The maximum Gasteiger partial charge on any atom is 0.407 e. The second-order valence-corrected chi connectivity index (χ2v) is 7.68. The lowest BCUT2D eigenvalue weighted by atomic mass is 10.1. The fourth-order valence-electron chi connectivity index (χ4n) is 2.58. The lowest BCUT2D eigenvalue weighted by molar-refractivity contribution is 0.0320. The van der Waals surface area contributed by atoms with Crippen molar-refractivity contribution < 1.29 is 14.3 Å². The minimum atomic E-state index is -0.466. The summed E-state index contributed by atoms with van der Waals surface area (Å²) in [5, 5.41) is 9.37. The molecular weight excluding hydrogens is 334 g/mol. The second kappa shape index (κ2) is 12.0. The highest BCUT2D eigenvalue weighted by Crippen LogP contribution is 2.06. The molecule has 0 aromatic carbocycles. The molecule has 1 saturated heterocycles. The van der Waals surface area contributed by atoms with Crippen molar-refractivity contribution >= 4 is 12.1 Å². The minimum Gasteiger partial charge on any atom is -0.444 e. The van der Waals surface area contributed by atoms with Gasteiger partial charge in [0.25, 0.3) is 0 Å². The van der Waals surface area contributed by atoms with Crippen LogP contribution in [0, 0.1) is 5.92 Å². The van der Waals surface area contributed by atoms with Gasteiger partial charge < -0.3 is 25.4 Å². The van der Waals surface area contributed by atoms with E-state index in [-0.39, 0.29) is 6.09 Å². The normalized spacial score (nSPS) is 17.5. The molecule has 0 aromatic heterocycles. The Morgan fingerprint density at radius 3 is 2.46 bits per heavy atom. The highest BCUT2D eigenvalue weighted by molar-refractivity contribution is 5.79. The van der Waals surface area contributed by atoms with Crippen molar-refractivity contribution in [3.8, 4) is 0 Å². The molecule has 152 valence electrons. The van der Waals surface area contributed by atoms with E-state index in [2.05, 4.69) is 32.8 Å². The number of amides is 1. The van der Waals surface area contributed by atoms with Crippen molar-refractivity contribution in [2.45, 2.75) is 39.7 Å². The highest BCUT2D eigenvalue weighted by atomic mass is 16.6. The van der Waals surface area contributed by atoms with Crippen molar-refractivity contribution in [1.82, 2.24) is 20.9 Å². The van der Waals surface area contributed by atoms with E-state index in [0.717, 1.165) is 58.3 Å². The number of rotatable bonds is 8. The van der Waals surface area contributed by atoms with Crippen LogP contribution in [0.2, 0.25) is 0 Å². The van der Waals surface area contributed by atoms with Crippen molar-refractivity contribution in [3.63, 3.8) is 0 Å². The first kappa shape index (κ1) is 22.5. The van der Waals surface area contributed by atoms with Gasteiger partial charge in [0.2, 0.25) is 0 Å². The Kier molecular flexibility index (Phi) is 10.3. The molecule has 0 spiro atoms. The molecule has 1 unspecified atom stereocenters. The highest BCUT2D eigenvalue weighted by Gasteiger charge is 2.15. The molecule has 0 aromatic rings. The van der Waals surface area contributed by atoms with Crippen LogP contribution in [-0.2, 0) is 9.47 Å². The third kappa shape index (κ3) is 11.1. The number of hydrogen-bond donors (Lipinski definition) is 3. The number of morpholine rings is 1. The number of hydrogen-bond acceptors (Lipinski definition) is 5. The largest absolute Gasteiger partial charge is 0.444 e. The van der Waals surface area contributed by atoms with Gasteiger partial charge in [-0.25, -0.2) is 4.79 Å². The zero-order chi connectivity index (χ0) is 19.4. The fourth-order valence-corrected chi connectivity index (χ4v) is 2.58. The first-order valence-corrected chi connectivity index (χ1v) is 9.51. The third-order valence-electron chi connectivity index (χ3n) is 3.83. The molecule has 1 amide bonds. The molecule has 1 rings (SSSR count). The van der Waals surface area contributed by atoms with Crippen molar-refractivity contribution in [2.24, 2.45) is 10.9 Å². The quantitative estimate of drug-likeness (QED) is 0.336. The average molecular weight is 372 g/mol. The number of alkyl carbamates (subject to hydrolysis) is 1. The van der Waals surface area contributed by atoms with E-state index in [1.54, 1.807) is 7.05 Å². The van der Waals surface area contributed by atoms with Gasteiger partial charge in [-0.05, 0) is 33.1 Å². The molecule has 1 atom stereocenters. The monoisotopic (exact) mass is 371 g/mol. The van der Waals surface area contributed by atoms with Crippen LogP contribution in [0.25, 0.3) is 0 Å². The van der Waals surface area contributed by atoms with Crippen molar-refractivity contribution in [1.29, 1.82) is 0 Å². The summed E-state index contributed by atoms with van der Waals surface area (Å²) in [6.45, 7) is 14.7. The maximum atomic E-state index is 11.6. The van der Waals surface area contributed by atoms with Crippen LogP contribution in [0.5, 0.6) is 0 Å². The molecule has 1 heterocycles. The van der Waals surface area contributed by atoms with E-state index in [0.29, 0.717) is 12.5 Å². The standard InChI is InChI=1S/C18H37N5O3/c1-15(14-23-9-11-25-12-10-23)13-22-16(19-5)20-7-6-8-21-17(24)26-18(2,3)4/h15H,6-14H2,1-5H3,(H,21,24)(H2,19,20,22). The zero-order valence-corrected chi connectivity index (χ0v) is 17.1. The molecule has 0 radical (unpaired) electrons. The Hall–Kier alpha value is -1.54. The molecule has 1 fully saturated rings. The first-order valence-electron chi connectivity index (χ1n) is 9.51. The van der Waals surface area contributed by atoms with Crippen LogP contribution in [0.3, 0.4) is 0 Å². The molecule has 3 N–H and O–H groups in total. The molecular formula is C18H37N5O3. The molecule has 0 bridgehead atoms. The van der Waals surface area contributed by atoms with E-state index < -0.39 is 5.60 Å². The van der Waals surface area contributed by atoms with Gasteiger partial charge in [0, 0.05) is 46.3 Å². The van der Waals surface area contributed by atoms with E-state index in [1.807, 2.05) is 20.8 Å². The Labute approximate surface area is 158 Å². The van der Waals surface area contributed by atoms with Gasteiger partial charge in [-0.2, -0.15) is 0 Å². The Balaban J connectivity index is 2.10. The van der Waals surface area contributed by atoms with Crippen LogP contribution in [0.15, 0.2) is 4.99 Å². The van der Waals surface area contributed by atoms with Gasteiger partial charge in [-0.1, -0.05) is 6.92 Å². The van der Waals surface area contributed by atoms with Crippen LogP contribution < -0.4 is 16.0 Å². The van der Waals surface area contributed by atoms with Crippen LogP contribution in [-0.4, -0.2) is 82.1 Å². The first-order chi connectivity index (χ1) is 12.3. The summed E-state index contributed by atoms with van der Waals surface area (Å²) >= 11 is 0. The Morgan fingerprint density at radius 1 is 1.19 bits per heavy atom. The molecule has 1 aliphatic heterocycles. The average Bonchev–Trinajstić information content (AvgIpc) is 2.56. The number of nitrogens with one attached hydrogen (secondary N) is 3. The summed E-state index contributed by atoms with van der Waals surface area (Å²) < 4.78 is 10.6. The topological polar surface area (TPSA) is 87.2 Å². The van der Waals surface area contributed by atoms with Crippen molar-refractivity contribution in [2.75, 3.05) is 59.5 Å². The van der Waals surface area contributed by atoms with Crippen molar-refractivity contribution in [3.05, 3.63) is 0 Å². The number of carbonyl (C=O) groups excluding carboxylic acids is 1. The fraction of sp³-hybridized carbons (Fsp3) is 0.889. The van der Waals surface area contributed by atoms with Gasteiger partial charge in [-0.15, -0.1) is 0 Å². The van der Waals surface area contributed by atoms with Crippen LogP contribution >= 0.6 is 0 Å². The van der Waals surface area contributed by atoms with Crippen LogP contribution in [0.1, 0.15) is 34.1 Å². The van der Waals surface area contributed by atoms with Gasteiger partial charge in [-0.3, -0.25) is 9.89 Å². The molecule has 0 saturated carbocycles. The van der Waals surface area contributed by atoms with E-state index in [9.17, 15) is 4.79 Å². The molecule has 1 aliphatic rings. The molecule has 8 nitrogen and oxygen atoms in total. The Bertz CT molecular complexity index is 431. The minimum absolute atomic E-state index is 0.378. The number of ether oxygens (including phenoxy) is 2. The van der Waals surface area contributed by atoms with Gasteiger partial charge in [0.1, 0.15) is 5.60 Å². The summed E-state index contributed by atoms with van der Waals surface area (Å²) in [6, 6.07) is 0. The van der Waals surface area contributed by atoms with E-state index in [4.69, 9.17) is 9.47 Å². The van der Waals surface area contributed by atoms with Crippen LogP contribution in [0.4, 0.5) is 4.79 Å². The number of nitrogens with zero attached hydrogens (tertiary/aromatic N) is 2. The summed E-state index contributed by atoms with van der Waals surface area (Å²) in [6.07, 6.45) is 0.417. The zero-order valence-electron chi connectivity index (χ0n) is 17.1. The molecule has 26 heavy (non-hydrogen) atoms. The number of aliphatic imine (C=N–C) groups is 1. The maximum absolute atomic E-state index is 11.6. The Morgan fingerprint density at radius 2 is 1.85 bits per heavy atom. The second-order valence-electron chi connectivity index (χ2n) is 7.68. The molecule has 8 heteroatoms. The SMILES string of the molecule is CN=C(NCCCNC(=O)OC(C)(C)C)NCC(C)CN1CCOCC1. The van der Waals surface area contributed by atoms with E-state index >= 15 is 0 Å². The third-order valence-corrected chi connectivity index (χ3v) is 3.83. The van der Waals surface area contributed by atoms with Gasteiger partial charge in [0.05, 0.1) is 13.2 Å². The summed E-state index contributed by atoms with van der Waals surface area (Å²) in [5.41, 5.74) is -0.466. The van der Waals surface area contributed by atoms with Gasteiger partial charge in [0.15, 0.2) is 5.96 Å². The van der Waals surface area contributed by atoms with Gasteiger partial charge >= 0.3 is 6.09 Å². The number of guanidine groups is 1. The lowest BCUT2D eigenvalue weighted by Crippen LogP contribution is -2.44. The predicted molar refractivity (Wildman–Crippen MR) is 105 cm³/mol. The molecule has 0 aliphatic carbocycles. The summed E-state index contributed by atoms with van der Waals surface area (Å²) in [7, 11) is 1.76. The summed E-state index contributed by atoms with van der Waals surface area (Å²) in [4.78, 5) is 18.2. The number of carbonyl (C=O) groups is 1. The lowest BCUT2D eigenvalue weighted by Gasteiger charge is -2.29.